The summed E-state index contributed by atoms with van der Waals surface area (Å²) >= 11 is 1.25. The molecule has 0 saturated carbocycles. The Balaban J connectivity index is 1.75. The highest BCUT2D eigenvalue weighted by Crippen LogP contribution is 2.42. The van der Waals surface area contributed by atoms with Gasteiger partial charge in [-0.3, -0.25) is 0 Å². The third-order valence-electron chi connectivity index (χ3n) is 4.70. The number of aromatic nitrogens is 3. The minimum atomic E-state index is 0.336. The van der Waals surface area contributed by atoms with E-state index < -0.39 is 0 Å². The topological polar surface area (TPSA) is 95.1 Å². The number of nitrogens with zero attached hydrogens (tertiary/aromatic N) is 5. The van der Waals surface area contributed by atoms with Crippen molar-refractivity contribution < 1.29 is 18.6 Å². The number of benzene rings is 2. The molecule has 0 radical (unpaired) electrons. The van der Waals surface area contributed by atoms with E-state index in [-0.39, 0.29) is 0 Å². The summed E-state index contributed by atoms with van der Waals surface area (Å²) in [6.07, 6.45) is 1.71. The molecule has 0 bridgehead atoms. The predicted octanol–water partition coefficient (Wildman–Crippen LogP) is 4.77. The molecule has 0 spiro atoms. The van der Waals surface area contributed by atoms with Gasteiger partial charge in [-0.1, -0.05) is 0 Å². The maximum atomic E-state index is 6.01. The number of rotatable bonds is 8. The van der Waals surface area contributed by atoms with E-state index in [1.54, 1.807) is 39.8 Å². The van der Waals surface area contributed by atoms with Gasteiger partial charge in [-0.05, 0) is 54.0 Å². The molecule has 2 aromatic heterocycles. The number of hydrogen-bond acceptors (Lipinski definition) is 9. The van der Waals surface area contributed by atoms with Crippen LogP contribution in [0.25, 0.3) is 33.5 Å². The molecule has 4 aromatic rings. The van der Waals surface area contributed by atoms with Gasteiger partial charge < -0.3 is 23.5 Å². The van der Waals surface area contributed by atoms with Crippen LogP contribution in [0.15, 0.2) is 51.9 Å². The van der Waals surface area contributed by atoms with E-state index in [4.69, 9.17) is 18.6 Å². The molecule has 9 nitrogen and oxygen atoms in total. The van der Waals surface area contributed by atoms with Gasteiger partial charge in [0.1, 0.15) is 22.0 Å². The Labute approximate surface area is 195 Å². The van der Waals surface area contributed by atoms with Crippen LogP contribution in [0.4, 0.5) is 5.69 Å². The second kappa shape index (κ2) is 9.70. The number of hydrogen-bond donors (Lipinski definition) is 0. The Morgan fingerprint density at radius 3 is 2.24 bits per heavy atom. The van der Waals surface area contributed by atoms with Gasteiger partial charge in [0.05, 0.1) is 27.7 Å². The fourth-order valence-corrected chi connectivity index (χ4v) is 3.83. The quantitative estimate of drug-likeness (QED) is 0.271. The first kappa shape index (κ1) is 22.3. The second-order valence-corrected chi connectivity index (χ2v) is 7.90. The van der Waals surface area contributed by atoms with E-state index in [9.17, 15) is 0 Å². The van der Waals surface area contributed by atoms with Crippen molar-refractivity contribution >= 4 is 23.6 Å². The molecule has 170 valence electrons. The fourth-order valence-electron chi connectivity index (χ4n) is 3.06. The molecular weight excluding hydrogens is 442 g/mol. The zero-order valence-electron chi connectivity index (χ0n) is 18.9. The minimum absolute atomic E-state index is 0.336. The van der Waals surface area contributed by atoms with Gasteiger partial charge in [0.2, 0.25) is 5.89 Å². The first-order chi connectivity index (χ1) is 16.0. The van der Waals surface area contributed by atoms with Gasteiger partial charge in [-0.25, -0.2) is 4.99 Å². The molecule has 0 amide bonds. The summed E-state index contributed by atoms with van der Waals surface area (Å²) in [5.41, 5.74) is 3.00. The summed E-state index contributed by atoms with van der Waals surface area (Å²) in [5.74, 6) is 2.65. The Hall–Kier alpha value is -3.92. The van der Waals surface area contributed by atoms with Crippen LogP contribution in [0.2, 0.25) is 0 Å². The summed E-state index contributed by atoms with van der Waals surface area (Å²) in [5, 5.41) is 8.48. The molecule has 33 heavy (non-hydrogen) atoms. The van der Waals surface area contributed by atoms with Crippen molar-refractivity contribution in [1.29, 1.82) is 0 Å². The molecule has 0 N–H and O–H groups in total. The van der Waals surface area contributed by atoms with Crippen LogP contribution in [0, 0.1) is 0 Å². The van der Waals surface area contributed by atoms with Crippen molar-refractivity contribution in [3.05, 3.63) is 42.5 Å². The maximum Gasteiger partial charge on any atom is 0.261 e. The lowest BCUT2D eigenvalue weighted by atomic mass is 10.1. The highest BCUT2D eigenvalue weighted by atomic mass is 32.1. The molecule has 0 unspecified atom stereocenters. The molecule has 0 aliphatic rings. The third-order valence-corrected chi connectivity index (χ3v) is 5.52. The molecule has 0 atom stereocenters. The minimum Gasteiger partial charge on any atom is -0.497 e. The molecule has 0 aliphatic heterocycles. The van der Waals surface area contributed by atoms with Gasteiger partial charge in [0, 0.05) is 25.2 Å². The molecule has 10 heteroatoms. The fraction of sp³-hybridized carbons (Fsp3) is 0.217. The van der Waals surface area contributed by atoms with Gasteiger partial charge in [-0.15, -0.1) is 10.2 Å². The highest BCUT2D eigenvalue weighted by Gasteiger charge is 2.22. The van der Waals surface area contributed by atoms with Crippen LogP contribution in [-0.2, 0) is 0 Å². The Kier molecular flexibility index (Phi) is 6.55. The average Bonchev–Trinajstić information content (AvgIpc) is 3.49. The van der Waals surface area contributed by atoms with Gasteiger partial charge in [0.15, 0.2) is 11.5 Å². The van der Waals surface area contributed by atoms with E-state index >= 15 is 0 Å². The summed E-state index contributed by atoms with van der Waals surface area (Å²) < 4.78 is 26.6. The van der Waals surface area contributed by atoms with E-state index in [1.807, 2.05) is 49.3 Å². The van der Waals surface area contributed by atoms with Crippen LogP contribution in [0.3, 0.4) is 0 Å². The van der Waals surface area contributed by atoms with Crippen molar-refractivity contribution in [1.82, 2.24) is 19.5 Å². The van der Waals surface area contributed by atoms with Gasteiger partial charge in [0.25, 0.3) is 5.89 Å². The summed E-state index contributed by atoms with van der Waals surface area (Å²) in [4.78, 5) is 7.17. The number of ether oxygens (including phenoxy) is 3. The molecule has 4 rings (SSSR count). The van der Waals surface area contributed by atoms with Gasteiger partial charge in [-0.2, -0.15) is 4.37 Å². The van der Waals surface area contributed by atoms with Crippen molar-refractivity contribution in [2.75, 3.05) is 35.4 Å². The maximum absolute atomic E-state index is 6.01. The zero-order chi connectivity index (χ0) is 23.4. The lowest BCUT2D eigenvalue weighted by Crippen LogP contribution is -2.07. The summed E-state index contributed by atoms with van der Waals surface area (Å²) in [6.45, 7) is 0. The molecule has 2 aromatic carbocycles. The van der Waals surface area contributed by atoms with Crippen molar-refractivity contribution in [2.45, 2.75) is 0 Å². The summed E-state index contributed by atoms with van der Waals surface area (Å²) in [7, 11) is 8.60. The van der Waals surface area contributed by atoms with E-state index in [2.05, 4.69) is 19.6 Å². The highest BCUT2D eigenvalue weighted by molar-refractivity contribution is 7.10. The number of aliphatic imine (C=N–C) groups is 1. The average molecular weight is 466 g/mol. The van der Waals surface area contributed by atoms with E-state index in [0.717, 1.165) is 17.0 Å². The van der Waals surface area contributed by atoms with Crippen molar-refractivity contribution in [3.8, 4) is 50.7 Å². The van der Waals surface area contributed by atoms with Crippen molar-refractivity contribution in [2.24, 2.45) is 4.99 Å². The SMILES string of the molecule is COc1ccc(-c2nsc(-c3nnc(-c4ccc(OC)c(OC)c4)o3)c2N=CN(C)C)cc1. The number of methoxy groups -OCH3 is 3. The third kappa shape index (κ3) is 4.65. The normalized spacial score (nSPS) is 11.1. The van der Waals surface area contributed by atoms with Crippen LogP contribution < -0.4 is 14.2 Å². The smallest absolute Gasteiger partial charge is 0.261 e. The molecule has 0 fully saturated rings. The largest absolute Gasteiger partial charge is 0.497 e. The van der Waals surface area contributed by atoms with Gasteiger partial charge >= 0.3 is 0 Å². The second-order valence-electron chi connectivity index (χ2n) is 7.13. The lowest BCUT2D eigenvalue weighted by Gasteiger charge is -2.07. The Morgan fingerprint density at radius 1 is 0.879 bits per heavy atom. The molecule has 2 heterocycles. The van der Waals surface area contributed by atoms with E-state index in [1.165, 1.54) is 11.5 Å². The summed E-state index contributed by atoms with van der Waals surface area (Å²) in [6, 6.07) is 13.1. The van der Waals surface area contributed by atoms with Crippen molar-refractivity contribution in [3.63, 3.8) is 0 Å². The predicted molar refractivity (Wildman–Crippen MR) is 128 cm³/mol. The van der Waals surface area contributed by atoms with Crippen LogP contribution >= 0.6 is 11.5 Å². The molecule has 0 saturated heterocycles. The first-order valence-electron chi connectivity index (χ1n) is 9.95. The zero-order valence-corrected chi connectivity index (χ0v) is 19.7. The first-order valence-corrected chi connectivity index (χ1v) is 10.7. The monoisotopic (exact) mass is 465 g/mol. The Morgan fingerprint density at radius 2 is 1.58 bits per heavy atom. The Bertz CT molecular complexity index is 1260. The van der Waals surface area contributed by atoms with Crippen LogP contribution in [0.1, 0.15) is 0 Å². The lowest BCUT2D eigenvalue weighted by molar-refractivity contribution is 0.355. The van der Waals surface area contributed by atoms with E-state index in [0.29, 0.717) is 39.4 Å². The molecular formula is C23H23N5O4S. The van der Waals surface area contributed by atoms with Crippen LogP contribution in [0.5, 0.6) is 17.2 Å². The van der Waals surface area contributed by atoms with Crippen LogP contribution in [-0.4, -0.2) is 61.2 Å². The molecule has 0 aliphatic carbocycles. The standard InChI is InChI=1S/C23H23N5O4S/c1-28(2)13-24-20-19(14-6-9-16(29-3)10-7-14)27-33-21(20)23-26-25-22(32-23)15-8-11-17(30-4)18(12-15)31-5/h6-13H,1-5H3.